The summed E-state index contributed by atoms with van der Waals surface area (Å²) in [7, 11) is 0. The molecule has 1 N–H and O–H groups in total. The smallest absolute Gasteiger partial charge is 0.243 e. The van der Waals surface area contributed by atoms with Crippen LogP contribution in [0.15, 0.2) is 29.2 Å². The van der Waals surface area contributed by atoms with Crippen molar-refractivity contribution >= 4 is 0 Å². The van der Waals surface area contributed by atoms with Gasteiger partial charge in [-0.05, 0) is 23.8 Å². The zero-order chi connectivity index (χ0) is 7.40. The highest BCUT2D eigenvalue weighted by atomic mass is 16.6. The fourth-order valence-electron chi connectivity index (χ4n) is 0.793. The number of rotatable bonds is 1. The average Bonchev–Trinajstić information content (AvgIpc) is 2.05. The third-order valence-corrected chi connectivity index (χ3v) is 1.28. The molecule has 4 nitrogen and oxygen atoms in total. The minimum absolute atomic E-state index is 0.190. The molecule has 0 saturated carbocycles. The second kappa shape index (κ2) is 3.00. The first-order valence-electron chi connectivity index (χ1n) is 3.03. The van der Waals surface area contributed by atoms with E-state index in [0.717, 1.165) is 12.8 Å². The van der Waals surface area contributed by atoms with Gasteiger partial charge in [-0.25, -0.2) is 0 Å². The number of hydrogen-bond acceptors (Lipinski definition) is 2. The van der Waals surface area contributed by atoms with E-state index >= 15 is 0 Å². The predicted octanol–water partition coefficient (Wildman–Crippen LogP) is 1.57. The maximum Gasteiger partial charge on any atom is 0.243 e. The molecule has 0 atom stereocenters. The van der Waals surface area contributed by atoms with Crippen molar-refractivity contribution in [2.24, 2.45) is 5.28 Å². The molecular weight excluding hydrogens is 132 g/mol. The molecule has 1 aliphatic carbocycles. The summed E-state index contributed by atoms with van der Waals surface area (Å²) in [6.45, 7) is 0. The van der Waals surface area contributed by atoms with Crippen molar-refractivity contribution in [3.63, 3.8) is 0 Å². The molecule has 0 bridgehead atoms. The lowest BCUT2D eigenvalue weighted by Gasteiger charge is -2.00. The van der Waals surface area contributed by atoms with E-state index in [0.29, 0.717) is 5.70 Å². The van der Waals surface area contributed by atoms with Crippen LogP contribution in [0.25, 0.3) is 0 Å². The minimum Gasteiger partial charge on any atom is -0.592 e. The van der Waals surface area contributed by atoms with Crippen LogP contribution in [0.4, 0.5) is 0 Å². The van der Waals surface area contributed by atoms with Crippen LogP contribution in [0.5, 0.6) is 0 Å². The van der Waals surface area contributed by atoms with Crippen LogP contribution in [-0.4, -0.2) is 10.1 Å². The predicted molar refractivity (Wildman–Crippen MR) is 34.3 cm³/mol. The highest BCUT2D eigenvalue weighted by Gasteiger charge is 2.05. The number of nitrogens with zero attached hydrogens (tertiary/aromatic N) is 2. The van der Waals surface area contributed by atoms with Gasteiger partial charge >= 0.3 is 0 Å². The maximum absolute atomic E-state index is 10.5. The van der Waals surface area contributed by atoms with Crippen LogP contribution in [0.1, 0.15) is 12.8 Å². The van der Waals surface area contributed by atoms with E-state index in [9.17, 15) is 5.21 Å². The number of hydroxylamine groups is 1. The quantitative estimate of drug-likeness (QED) is 0.341. The molecule has 0 unspecified atom stereocenters. The van der Waals surface area contributed by atoms with Crippen molar-refractivity contribution in [1.29, 1.82) is 0 Å². The Kier molecular flexibility index (Phi) is 2.04. The highest BCUT2D eigenvalue weighted by Crippen LogP contribution is 2.09. The van der Waals surface area contributed by atoms with Crippen molar-refractivity contribution in [2.75, 3.05) is 0 Å². The van der Waals surface area contributed by atoms with Crippen molar-refractivity contribution in [3.05, 3.63) is 29.1 Å². The van der Waals surface area contributed by atoms with Gasteiger partial charge in [0.2, 0.25) is 11.0 Å². The molecule has 0 aliphatic heterocycles. The molecule has 1 aliphatic rings. The van der Waals surface area contributed by atoms with Crippen LogP contribution in [-0.2, 0) is 0 Å². The van der Waals surface area contributed by atoms with E-state index in [1.807, 2.05) is 6.08 Å². The zero-order valence-electron chi connectivity index (χ0n) is 5.40. The highest BCUT2D eigenvalue weighted by molar-refractivity contribution is 5.14. The molecule has 0 amide bonds. The molecule has 0 saturated heterocycles. The largest absolute Gasteiger partial charge is 0.592 e. The summed E-state index contributed by atoms with van der Waals surface area (Å²) in [5, 5.41) is 21.1. The van der Waals surface area contributed by atoms with E-state index in [1.165, 1.54) is 0 Å². The van der Waals surface area contributed by atoms with Gasteiger partial charge in [0.1, 0.15) is 0 Å². The third-order valence-electron chi connectivity index (χ3n) is 1.28. The first-order valence-corrected chi connectivity index (χ1v) is 3.03. The molecule has 10 heavy (non-hydrogen) atoms. The van der Waals surface area contributed by atoms with E-state index in [-0.39, 0.29) is 4.86 Å². The molecule has 0 aromatic heterocycles. The Morgan fingerprint density at radius 2 is 2.40 bits per heavy atom. The van der Waals surface area contributed by atoms with Crippen molar-refractivity contribution < 1.29 is 10.1 Å². The summed E-state index contributed by atoms with van der Waals surface area (Å²) in [6.07, 6.45) is 7.01. The van der Waals surface area contributed by atoms with Gasteiger partial charge in [0.15, 0.2) is 0 Å². The van der Waals surface area contributed by atoms with E-state index in [2.05, 4.69) is 5.28 Å². The standard InChI is InChI=1S/C6H8N2O2/c9-7-8(10)6-4-2-1-3-5-6/h2,4-5,9H,1,3H2. The Morgan fingerprint density at radius 3 is 2.90 bits per heavy atom. The molecule has 0 aromatic rings. The lowest BCUT2D eigenvalue weighted by atomic mass is 10.2. The van der Waals surface area contributed by atoms with Crippen LogP contribution < -0.4 is 0 Å². The normalized spacial score (nSPS) is 18.8. The van der Waals surface area contributed by atoms with Gasteiger partial charge in [0, 0.05) is 6.08 Å². The number of hydrogen-bond donors (Lipinski definition) is 1. The van der Waals surface area contributed by atoms with Gasteiger partial charge in [-0.3, -0.25) is 0 Å². The summed E-state index contributed by atoms with van der Waals surface area (Å²) in [4.78, 5) is 0.190. The Balaban J connectivity index is 2.72. The first-order chi connectivity index (χ1) is 4.84. The lowest BCUT2D eigenvalue weighted by Crippen LogP contribution is -1.99. The number of allylic oxidation sites excluding steroid dienone is 3. The van der Waals surface area contributed by atoms with Gasteiger partial charge in [-0.1, -0.05) is 6.08 Å². The summed E-state index contributed by atoms with van der Waals surface area (Å²) >= 11 is 0. The second-order valence-corrected chi connectivity index (χ2v) is 1.97. The zero-order valence-corrected chi connectivity index (χ0v) is 5.40. The van der Waals surface area contributed by atoms with Crippen LogP contribution in [0.3, 0.4) is 0 Å². The molecule has 0 spiro atoms. The Morgan fingerprint density at radius 1 is 1.60 bits per heavy atom. The monoisotopic (exact) mass is 140 g/mol. The van der Waals surface area contributed by atoms with Gasteiger partial charge < -0.3 is 10.4 Å². The summed E-state index contributed by atoms with van der Waals surface area (Å²) in [6, 6.07) is 0. The molecule has 1 rings (SSSR count). The minimum atomic E-state index is 0.190. The summed E-state index contributed by atoms with van der Waals surface area (Å²) < 4.78 is 0. The Bertz CT molecular complexity index is 206. The second-order valence-electron chi connectivity index (χ2n) is 1.97. The SMILES string of the molecule is [O-][N+](=NO)C1=CCCC=C1. The van der Waals surface area contributed by atoms with Gasteiger partial charge in [0.05, 0.1) is 0 Å². The Labute approximate surface area is 58.3 Å². The van der Waals surface area contributed by atoms with Gasteiger partial charge in [-0.2, -0.15) is 0 Å². The molecule has 54 valence electrons. The third kappa shape index (κ3) is 1.34. The van der Waals surface area contributed by atoms with E-state index < -0.39 is 0 Å². The van der Waals surface area contributed by atoms with Crippen LogP contribution in [0, 0.1) is 5.21 Å². The summed E-state index contributed by atoms with van der Waals surface area (Å²) in [5.74, 6) is 0. The average molecular weight is 140 g/mol. The molecule has 0 fully saturated rings. The van der Waals surface area contributed by atoms with Gasteiger partial charge in [0.25, 0.3) is 0 Å². The maximum atomic E-state index is 10.5. The van der Waals surface area contributed by atoms with Gasteiger partial charge in [-0.15, -0.1) is 0 Å². The molecule has 0 heterocycles. The van der Waals surface area contributed by atoms with Crippen LogP contribution >= 0.6 is 0 Å². The topological polar surface area (TPSA) is 58.7 Å². The Hall–Kier alpha value is -1.32. The first kappa shape index (κ1) is 6.80. The van der Waals surface area contributed by atoms with E-state index in [1.54, 1.807) is 12.2 Å². The van der Waals surface area contributed by atoms with Crippen LogP contribution in [0.2, 0.25) is 0 Å². The van der Waals surface area contributed by atoms with Crippen molar-refractivity contribution in [3.8, 4) is 0 Å². The molecule has 0 aromatic carbocycles. The fourth-order valence-corrected chi connectivity index (χ4v) is 0.793. The van der Waals surface area contributed by atoms with Crippen molar-refractivity contribution in [1.82, 2.24) is 0 Å². The van der Waals surface area contributed by atoms with E-state index in [4.69, 9.17) is 5.21 Å². The summed E-state index contributed by atoms with van der Waals surface area (Å²) in [5.41, 5.74) is 0.397. The van der Waals surface area contributed by atoms with Crippen molar-refractivity contribution in [2.45, 2.75) is 12.8 Å². The molecular formula is C6H8N2O2. The lowest BCUT2D eigenvalue weighted by molar-refractivity contribution is -0.503. The fraction of sp³-hybridized carbons (Fsp3) is 0.333. The molecule has 0 radical (unpaired) electrons. The molecule has 4 heteroatoms.